The van der Waals surface area contributed by atoms with E-state index in [4.69, 9.17) is 9.15 Å². The van der Waals surface area contributed by atoms with E-state index in [9.17, 15) is 0 Å². The maximum Gasteiger partial charge on any atom is 0.295 e. The summed E-state index contributed by atoms with van der Waals surface area (Å²) in [5.41, 5.74) is 0. The van der Waals surface area contributed by atoms with Crippen LogP contribution in [-0.2, 0) is 9.15 Å². The Morgan fingerprint density at radius 2 is 0.567 bits per heavy atom. The van der Waals surface area contributed by atoms with Crippen LogP contribution in [0.1, 0.15) is 0 Å². The van der Waals surface area contributed by atoms with E-state index in [0.29, 0.717) is 0 Å². The van der Waals surface area contributed by atoms with Crippen LogP contribution < -0.4 is 20.7 Å². The van der Waals surface area contributed by atoms with E-state index in [0.717, 1.165) is 0 Å². The Hall–Kier alpha value is -2.77. The van der Waals surface area contributed by atoms with Gasteiger partial charge in [0.15, 0.2) is 0 Å². The van der Waals surface area contributed by atoms with Crippen LogP contribution in [0.3, 0.4) is 0 Å². The zero-order valence-corrected chi connectivity index (χ0v) is 19.4. The van der Waals surface area contributed by atoms with Gasteiger partial charge in [0.2, 0.25) is 0 Å². The van der Waals surface area contributed by atoms with E-state index in [-0.39, 0.29) is 0 Å². The van der Waals surface area contributed by atoms with E-state index >= 15 is 0 Å². The minimum absolute atomic E-state index is 1.19. The molecule has 4 aromatic rings. The summed E-state index contributed by atoms with van der Waals surface area (Å²) in [7, 11) is -5.13. The van der Waals surface area contributed by atoms with Gasteiger partial charge in [0, 0.05) is 0 Å². The Bertz CT molecular complexity index is 887. The number of benzene rings is 4. The molecule has 30 heavy (non-hydrogen) atoms. The Labute approximate surface area is 180 Å². The molecule has 0 saturated heterocycles. The van der Waals surface area contributed by atoms with Gasteiger partial charge >= 0.3 is 0 Å². The molecule has 0 radical (unpaired) electrons. The normalized spacial score (nSPS) is 11.9. The summed E-state index contributed by atoms with van der Waals surface area (Å²) < 4.78 is 13.2. The van der Waals surface area contributed by atoms with Crippen LogP contribution in [-0.4, -0.2) is 16.6 Å². The molecule has 0 aliphatic heterocycles. The summed E-state index contributed by atoms with van der Waals surface area (Å²) in [4.78, 5) is 0. The highest BCUT2D eigenvalue weighted by Crippen LogP contribution is 2.14. The third kappa shape index (κ3) is 4.08. The quantitative estimate of drug-likeness (QED) is 0.255. The van der Waals surface area contributed by atoms with Gasteiger partial charge in [0.25, 0.3) is 16.6 Å². The first-order valence-corrected chi connectivity index (χ1v) is 15.0. The highest BCUT2D eigenvalue weighted by molar-refractivity contribution is 6.98. The Balaban J connectivity index is 1.76. The van der Waals surface area contributed by atoms with Crippen molar-refractivity contribution in [3.8, 4) is 0 Å². The molecule has 0 spiro atoms. The van der Waals surface area contributed by atoms with Gasteiger partial charge in [0.1, 0.15) is 0 Å². The predicted molar refractivity (Wildman–Crippen MR) is 130 cm³/mol. The molecular weight excluding hydrogens is 400 g/mol. The lowest BCUT2D eigenvalue weighted by Gasteiger charge is -2.34. The minimum Gasteiger partial charge on any atom is -0.286 e. The third-order valence-corrected chi connectivity index (χ3v) is 12.4. The van der Waals surface area contributed by atoms with Crippen molar-refractivity contribution in [2.24, 2.45) is 0 Å². The Morgan fingerprint density at radius 3 is 0.767 bits per heavy atom. The number of rotatable bonds is 7. The first-order chi connectivity index (χ1) is 14.6. The molecule has 4 heteroatoms. The topological polar surface area (TPSA) is 18.5 Å². The summed E-state index contributed by atoms with van der Waals surface area (Å²) in [6.07, 6.45) is 0. The van der Waals surface area contributed by atoms with Crippen molar-refractivity contribution in [2.45, 2.75) is 13.1 Å². The predicted octanol–water partition coefficient (Wildman–Crippen LogP) is 3.71. The zero-order chi connectivity index (χ0) is 20.9. The average Bonchev–Trinajstić information content (AvgIpc) is 2.84. The van der Waals surface area contributed by atoms with E-state index in [2.05, 4.69) is 110 Å². The average molecular weight is 427 g/mol. The molecule has 0 aliphatic carbocycles. The lowest BCUT2D eigenvalue weighted by Crippen LogP contribution is -2.64. The standard InChI is InChI=1S/C26H26O2Si2/c1-29(23-15-7-3-8-16-23,24-17-9-4-10-18-24)27-28-30(2,25-19-11-5-12-20-25)26-21-13-6-14-22-26/h3-22H,1-2H3. The van der Waals surface area contributed by atoms with Gasteiger partial charge in [-0.2, -0.15) is 0 Å². The molecule has 0 unspecified atom stereocenters. The summed E-state index contributed by atoms with van der Waals surface area (Å²) in [5.74, 6) is 0. The second kappa shape index (κ2) is 8.94. The fourth-order valence-electron chi connectivity index (χ4n) is 3.72. The fraction of sp³-hybridized carbons (Fsp3) is 0.0769. The summed E-state index contributed by atoms with van der Waals surface area (Å²) >= 11 is 0. The van der Waals surface area contributed by atoms with Crippen LogP contribution in [0, 0.1) is 0 Å². The van der Waals surface area contributed by atoms with Gasteiger partial charge in [0.05, 0.1) is 0 Å². The Kier molecular flexibility index (Phi) is 6.11. The van der Waals surface area contributed by atoms with Crippen molar-refractivity contribution in [2.75, 3.05) is 0 Å². The molecular formula is C26H26O2Si2. The van der Waals surface area contributed by atoms with Crippen molar-refractivity contribution in [3.63, 3.8) is 0 Å². The largest absolute Gasteiger partial charge is 0.295 e. The van der Waals surface area contributed by atoms with E-state index in [1.807, 2.05) is 24.3 Å². The van der Waals surface area contributed by atoms with Crippen molar-refractivity contribution >= 4 is 37.4 Å². The molecule has 0 saturated carbocycles. The van der Waals surface area contributed by atoms with Gasteiger partial charge in [-0.15, -0.1) is 0 Å². The molecule has 4 rings (SSSR count). The highest BCUT2D eigenvalue weighted by atomic mass is 28.4. The number of hydrogen-bond donors (Lipinski definition) is 0. The summed E-state index contributed by atoms with van der Waals surface area (Å²) in [6, 6.07) is 41.9. The molecule has 4 aromatic carbocycles. The van der Waals surface area contributed by atoms with Gasteiger partial charge in [-0.05, 0) is 33.8 Å². The molecule has 0 bridgehead atoms. The van der Waals surface area contributed by atoms with Crippen LogP contribution in [0.15, 0.2) is 121 Å². The molecule has 0 aliphatic rings. The van der Waals surface area contributed by atoms with Crippen molar-refractivity contribution in [1.82, 2.24) is 0 Å². The van der Waals surface area contributed by atoms with Crippen molar-refractivity contribution in [1.29, 1.82) is 0 Å². The van der Waals surface area contributed by atoms with Crippen LogP contribution in [0.25, 0.3) is 0 Å². The van der Waals surface area contributed by atoms with Crippen molar-refractivity contribution < 1.29 is 9.15 Å². The monoisotopic (exact) mass is 426 g/mol. The summed E-state index contributed by atoms with van der Waals surface area (Å²) in [5, 5.41) is 4.75. The second-order valence-electron chi connectivity index (χ2n) is 7.70. The van der Waals surface area contributed by atoms with Gasteiger partial charge < -0.3 is 0 Å². The van der Waals surface area contributed by atoms with Crippen LogP contribution in [0.2, 0.25) is 13.1 Å². The maximum absolute atomic E-state index is 6.58. The SMILES string of the molecule is C[Si](OO[Si](C)(c1ccccc1)c1ccccc1)(c1ccccc1)c1ccccc1. The van der Waals surface area contributed by atoms with Gasteiger partial charge in [-0.1, -0.05) is 121 Å². The van der Waals surface area contributed by atoms with Crippen LogP contribution in [0.4, 0.5) is 0 Å². The molecule has 0 atom stereocenters. The smallest absolute Gasteiger partial charge is 0.286 e. The molecule has 150 valence electrons. The molecule has 0 amide bonds. The molecule has 0 fully saturated rings. The molecule has 0 N–H and O–H groups in total. The third-order valence-electron chi connectivity index (χ3n) is 5.67. The van der Waals surface area contributed by atoms with Crippen LogP contribution in [0.5, 0.6) is 0 Å². The van der Waals surface area contributed by atoms with Gasteiger partial charge in [-0.3, -0.25) is 9.15 Å². The first kappa shape index (κ1) is 20.5. The minimum atomic E-state index is -2.56. The first-order valence-electron chi connectivity index (χ1n) is 10.2. The van der Waals surface area contributed by atoms with E-state index < -0.39 is 16.6 Å². The van der Waals surface area contributed by atoms with Crippen molar-refractivity contribution in [3.05, 3.63) is 121 Å². The molecule has 2 nitrogen and oxygen atoms in total. The number of hydrogen-bond acceptors (Lipinski definition) is 2. The van der Waals surface area contributed by atoms with Crippen LogP contribution >= 0.6 is 0 Å². The Morgan fingerprint density at radius 1 is 0.367 bits per heavy atom. The van der Waals surface area contributed by atoms with E-state index in [1.165, 1.54) is 20.7 Å². The summed E-state index contributed by atoms with van der Waals surface area (Å²) in [6.45, 7) is 4.42. The second-order valence-corrected chi connectivity index (χ2v) is 14.5. The lowest BCUT2D eigenvalue weighted by atomic mass is 10.4. The fourth-order valence-corrected chi connectivity index (χ4v) is 9.42. The van der Waals surface area contributed by atoms with E-state index in [1.54, 1.807) is 0 Å². The molecule has 0 heterocycles. The maximum atomic E-state index is 6.58. The molecule has 0 aromatic heterocycles. The lowest BCUT2D eigenvalue weighted by molar-refractivity contribution is -0.115. The highest BCUT2D eigenvalue weighted by Gasteiger charge is 2.42. The van der Waals surface area contributed by atoms with Gasteiger partial charge in [-0.25, -0.2) is 0 Å². The zero-order valence-electron chi connectivity index (χ0n) is 17.4.